The van der Waals surface area contributed by atoms with Crippen LogP contribution in [0.2, 0.25) is 0 Å². The highest BCUT2D eigenvalue weighted by Crippen LogP contribution is 2.14. The van der Waals surface area contributed by atoms with Crippen molar-refractivity contribution in [3.8, 4) is 0 Å². The monoisotopic (exact) mass is 206 g/mol. The molecule has 80 valence electrons. The number of amides is 1. The number of ether oxygens (including phenoxy) is 1. The molecule has 0 bridgehead atoms. The zero-order valence-corrected chi connectivity index (χ0v) is 8.48. The number of hydrogen-bond donors (Lipinski definition) is 1. The van der Waals surface area contributed by atoms with E-state index < -0.39 is 0 Å². The van der Waals surface area contributed by atoms with E-state index in [4.69, 9.17) is 10.5 Å². The molecular formula is C11H14N2O2. The van der Waals surface area contributed by atoms with Gasteiger partial charge in [0.1, 0.15) is 6.61 Å². The second-order valence-corrected chi connectivity index (χ2v) is 3.51. The fraction of sp³-hybridized carbons (Fsp3) is 0.364. The molecule has 1 aliphatic heterocycles. The molecule has 2 rings (SSSR count). The molecule has 1 saturated heterocycles. The van der Waals surface area contributed by atoms with Gasteiger partial charge in [-0.25, -0.2) is 4.79 Å². The predicted molar refractivity (Wildman–Crippen MR) is 56.1 cm³/mol. The lowest BCUT2D eigenvalue weighted by Gasteiger charge is -2.14. The predicted octanol–water partition coefficient (Wildman–Crippen LogP) is 1.10. The number of nitrogens with two attached hydrogens (primary N) is 1. The van der Waals surface area contributed by atoms with E-state index in [2.05, 4.69) is 0 Å². The molecule has 2 N–H and O–H groups in total. The molecule has 1 aromatic rings. The van der Waals surface area contributed by atoms with Gasteiger partial charge in [-0.1, -0.05) is 24.3 Å². The number of rotatable bonds is 3. The maximum atomic E-state index is 11.3. The van der Waals surface area contributed by atoms with Crippen molar-refractivity contribution >= 4 is 6.09 Å². The van der Waals surface area contributed by atoms with E-state index in [1.807, 2.05) is 24.3 Å². The van der Waals surface area contributed by atoms with E-state index in [9.17, 15) is 4.79 Å². The second-order valence-electron chi connectivity index (χ2n) is 3.51. The van der Waals surface area contributed by atoms with Crippen LogP contribution in [0.15, 0.2) is 24.3 Å². The van der Waals surface area contributed by atoms with Gasteiger partial charge in [-0.2, -0.15) is 0 Å². The third kappa shape index (κ3) is 2.10. The third-order valence-electron chi connectivity index (χ3n) is 2.54. The van der Waals surface area contributed by atoms with Gasteiger partial charge in [0, 0.05) is 13.1 Å². The minimum absolute atomic E-state index is 0.234. The first-order chi connectivity index (χ1) is 7.31. The van der Waals surface area contributed by atoms with Crippen LogP contribution < -0.4 is 5.73 Å². The minimum Gasteiger partial charge on any atom is -0.448 e. The summed E-state index contributed by atoms with van der Waals surface area (Å²) in [6, 6.07) is 7.88. The van der Waals surface area contributed by atoms with Crippen molar-refractivity contribution in [3.05, 3.63) is 35.4 Å². The highest BCUT2D eigenvalue weighted by atomic mass is 16.6. The molecule has 15 heavy (non-hydrogen) atoms. The van der Waals surface area contributed by atoms with Crippen LogP contribution in [0, 0.1) is 0 Å². The summed E-state index contributed by atoms with van der Waals surface area (Å²) in [6.45, 7) is 2.24. The van der Waals surface area contributed by atoms with Crippen LogP contribution in [0.25, 0.3) is 0 Å². The largest absolute Gasteiger partial charge is 0.448 e. The van der Waals surface area contributed by atoms with Crippen LogP contribution in [-0.4, -0.2) is 24.1 Å². The zero-order chi connectivity index (χ0) is 10.7. The molecule has 1 fully saturated rings. The Morgan fingerprint density at radius 2 is 2.07 bits per heavy atom. The van der Waals surface area contributed by atoms with Crippen molar-refractivity contribution in [2.45, 2.75) is 13.1 Å². The second kappa shape index (κ2) is 4.31. The summed E-state index contributed by atoms with van der Waals surface area (Å²) in [5, 5.41) is 0. The molecule has 0 radical (unpaired) electrons. The summed E-state index contributed by atoms with van der Waals surface area (Å²) in [6.07, 6.45) is -0.234. The van der Waals surface area contributed by atoms with E-state index >= 15 is 0 Å². The Bertz CT molecular complexity index is 365. The van der Waals surface area contributed by atoms with E-state index in [1.54, 1.807) is 4.90 Å². The van der Waals surface area contributed by atoms with Crippen LogP contribution in [0.1, 0.15) is 11.1 Å². The van der Waals surface area contributed by atoms with E-state index in [0.29, 0.717) is 26.2 Å². The molecule has 1 heterocycles. The van der Waals surface area contributed by atoms with Gasteiger partial charge in [0.2, 0.25) is 0 Å². The highest BCUT2D eigenvalue weighted by Gasteiger charge is 2.22. The molecular weight excluding hydrogens is 192 g/mol. The fourth-order valence-electron chi connectivity index (χ4n) is 1.69. The number of carbonyl (C=O) groups excluding carboxylic acids is 1. The molecule has 0 aromatic heterocycles. The van der Waals surface area contributed by atoms with Crippen molar-refractivity contribution in [3.63, 3.8) is 0 Å². The van der Waals surface area contributed by atoms with Crippen molar-refractivity contribution in [2.24, 2.45) is 5.73 Å². The summed E-state index contributed by atoms with van der Waals surface area (Å²) in [5.41, 5.74) is 7.80. The number of nitrogens with zero attached hydrogens (tertiary/aromatic N) is 1. The van der Waals surface area contributed by atoms with Crippen LogP contribution >= 0.6 is 0 Å². The fourth-order valence-corrected chi connectivity index (χ4v) is 1.69. The SMILES string of the molecule is NCc1ccccc1CN1CCOC1=O. The third-order valence-corrected chi connectivity index (χ3v) is 2.54. The van der Waals surface area contributed by atoms with Gasteiger partial charge in [0.05, 0.1) is 6.54 Å². The lowest BCUT2D eigenvalue weighted by molar-refractivity contribution is 0.157. The summed E-state index contributed by atoms with van der Waals surface area (Å²) in [5.74, 6) is 0. The van der Waals surface area contributed by atoms with Gasteiger partial charge in [0.25, 0.3) is 0 Å². The number of carbonyl (C=O) groups is 1. The molecule has 1 amide bonds. The van der Waals surface area contributed by atoms with E-state index in [1.165, 1.54) is 0 Å². The zero-order valence-electron chi connectivity index (χ0n) is 8.48. The first-order valence-electron chi connectivity index (χ1n) is 5.00. The van der Waals surface area contributed by atoms with E-state index in [-0.39, 0.29) is 6.09 Å². The number of benzene rings is 1. The van der Waals surface area contributed by atoms with Crippen LogP contribution in [0.3, 0.4) is 0 Å². The molecule has 1 aromatic carbocycles. The Hall–Kier alpha value is -1.55. The molecule has 0 atom stereocenters. The Balaban J connectivity index is 2.12. The van der Waals surface area contributed by atoms with Crippen LogP contribution in [0.4, 0.5) is 4.79 Å². The lowest BCUT2D eigenvalue weighted by Crippen LogP contribution is -2.24. The van der Waals surface area contributed by atoms with Gasteiger partial charge < -0.3 is 15.4 Å². The summed E-state index contributed by atoms with van der Waals surface area (Å²) >= 11 is 0. The standard InChI is InChI=1S/C11H14N2O2/c12-7-9-3-1-2-4-10(9)8-13-5-6-15-11(13)14/h1-4H,5-8,12H2. The first-order valence-corrected chi connectivity index (χ1v) is 5.00. The van der Waals surface area contributed by atoms with Crippen molar-refractivity contribution in [2.75, 3.05) is 13.2 Å². The topological polar surface area (TPSA) is 55.6 Å². The lowest BCUT2D eigenvalue weighted by atomic mass is 10.1. The van der Waals surface area contributed by atoms with Crippen molar-refractivity contribution in [1.29, 1.82) is 0 Å². The van der Waals surface area contributed by atoms with E-state index in [0.717, 1.165) is 11.1 Å². The molecule has 1 aliphatic rings. The highest BCUT2D eigenvalue weighted by molar-refractivity contribution is 5.69. The molecule has 4 nitrogen and oxygen atoms in total. The van der Waals surface area contributed by atoms with Crippen molar-refractivity contribution in [1.82, 2.24) is 4.90 Å². The van der Waals surface area contributed by atoms with Crippen LogP contribution in [-0.2, 0) is 17.8 Å². The first kappa shape index (κ1) is 9.98. The Kier molecular flexibility index (Phi) is 2.87. The Morgan fingerprint density at radius 3 is 2.67 bits per heavy atom. The van der Waals surface area contributed by atoms with Gasteiger partial charge in [-0.15, -0.1) is 0 Å². The number of hydrogen-bond acceptors (Lipinski definition) is 3. The van der Waals surface area contributed by atoms with Gasteiger partial charge in [0.15, 0.2) is 0 Å². The molecule has 4 heteroatoms. The maximum absolute atomic E-state index is 11.3. The molecule has 0 spiro atoms. The maximum Gasteiger partial charge on any atom is 0.410 e. The number of cyclic esters (lactones) is 1. The normalized spacial score (nSPS) is 15.5. The Morgan fingerprint density at radius 1 is 1.33 bits per heavy atom. The average molecular weight is 206 g/mol. The van der Waals surface area contributed by atoms with Crippen molar-refractivity contribution < 1.29 is 9.53 Å². The molecule has 0 saturated carbocycles. The molecule has 0 aliphatic carbocycles. The summed E-state index contributed by atoms with van der Waals surface area (Å²) in [4.78, 5) is 12.9. The van der Waals surface area contributed by atoms with Gasteiger partial charge >= 0.3 is 6.09 Å². The smallest absolute Gasteiger partial charge is 0.410 e. The minimum atomic E-state index is -0.234. The van der Waals surface area contributed by atoms with Gasteiger partial charge in [-0.3, -0.25) is 0 Å². The average Bonchev–Trinajstić information content (AvgIpc) is 2.65. The summed E-state index contributed by atoms with van der Waals surface area (Å²) < 4.78 is 4.87. The molecule has 0 unspecified atom stereocenters. The summed E-state index contributed by atoms with van der Waals surface area (Å²) in [7, 11) is 0. The van der Waals surface area contributed by atoms with Crippen LogP contribution in [0.5, 0.6) is 0 Å². The quantitative estimate of drug-likeness (QED) is 0.805. The Labute approximate surface area is 88.6 Å². The van der Waals surface area contributed by atoms with Gasteiger partial charge in [-0.05, 0) is 11.1 Å².